The third-order valence-corrected chi connectivity index (χ3v) is 5.15. The quantitative estimate of drug-likeness (QED) is 0.610. The Kier molecular flexibility index (Phi) is 5.23. The predicted molar refractivity (Wildman–Crippen MR) is 88.0 cm³/mol. The largest absolute Gasteiger partial charge is 0.370 e. The van der Waals surface area contributed by atoms with E-state index in [4.69, 9.17) is 5.14 Å². The lowest BCUT2D eigenvalue weighted by atomic mass is 10.1. The van der Waals surface area contributed by atoms with Crippen LogP contribution in [0, 0.1) is 16.0 Å². The second kappa shape index (κ2) is 6.81. The van der Waals surface area contributed by atoms with E-state index in [9.17, 15) is 18.5 Å². The summed E-state index contributed by atoms with van der Waals surface area (Å²) in [5, 5.41) is 16.2. The third-order valence-electron chi connectivity index (χ3n) is 4.20. The lowest BCUT2D eigenvalue weighted by Crippen LogP contribution is -2.29. The summed E-state index contributed by atoms with van der Waals surface area (Å²) in [5.41, 5.74) is 0.185. The molecular weight excluding hydrogens is 320 g/mol. The van der Waals surface area contributed by atoms with Gasteiger partial charge < -0.3 is 9.80 Å². The third kappa shape index (κ3) is 4.18. The van der Waals surface area contributed by atoms with Gasteiger partial charge in [0.25, 0.3) is 5.69 Å². The second-order valence-corrected chi connectivity index (χ2v) is 7.44. The summed E-state index contributed by atoms with van der Waals surface area (Å²) in [6.45, 7) is 5.24. The van der Waals surface area contributed by atoms with E-state index in [1.54, 1.807) is 0 Å². The van der Waals surface area contributed by atoms with Crippen LogP contribution in [0.2, 0.25) is 0 Å². The molecule has 0 radical (unpaired) electrons. The lowest BCUT2D eigenvalue weighted by Gasteiger charge is -2.22. The Morgan fingerprint density at radius 1 is 1.48 bits per heavy atom. The molecule has 128 valence electrons. The van der Waals surface area contributed by atoms with Crippen molar-refractivity contribution >= 4 is 21.4 Å². The van der Waals surface area contributed by atoms with E-state index >= 15 is 0 Å². The smallest absolute Gasteiger partial charge is 0.271 e. The van der Waals surface area contributed by atoms with Crippen LogP contribution in [-0.2, 0) is 10.0 Å². The molecule has 23 heavy (non-hydrogen) atoms. The molecule has 9 heteroatoms. The Labute approximate surface area is 136 Å². The first-order chi connectivity index (χ1) is 10.7. The molecule has 8 nitrogen and oxygen atoms in total. The number of nitrogens with two attached hydrogens (primary N) is 1. The van der Waals surface area contributed by atoms with Crippen molar-refractivity contribution in [1.29, 1.82) is 0 Å². The number of hydrogen-bond donors (Lipinski definition) is 1. The number of benzene rings is 1. The Bertz CT molecular complexity index is 692. The molecule has 1 heterocycles. The van der Waals surface area contributed by atoms with Gasteiger partial charge in [0.1, 0.15) is 4.90 Å². The molecule has 1 aliphatic rings. The van der Waals surface area contributed by atoms with E-state index in [0.717, 1.165) is 19.5 Å². The van der Waals surface area contributed by atoms with Crippen molar-refractivity contribution in [3.63, 3.8) is 0 Å². The van der Waals surface area contributed by atoms with Gasteiger partial charge in [0.05, 0.1) is 10.6 Å². The maximum Gasteiger partial charge on any atom is 0.271 e. The van der Waals surface area contributed by atoms with Gasteiger partial charge in [-0.1, -0.05) is 6.92 Å². The van der Waals surface area contributed by atoms with Crippen LogP contribution in [0.4, 0.5) is 11.4 Å². The molecule has 0 bridgehead atoms. The summed E-state index contributed by atoms with van der Waals surface area (Å²) >= 11 is 0. The van der Waals surface area contributed by atoms with Crippen LogP contribution < -0.4 is 10.0 Å². The summed E-state index contributed by atoms with van der Waals surface area (Å²) in [7, 11) is -1.90. The highest BCUT2D eigenvalue weighted by Gasteiger charge is 2.28. The highest BCUT2D eigenvalue weighted by atomic mass is 32.2. The van der Waals surface area contributed by atoms with Crippen LogP contribution in [0.15, 0.2) is 23.1 Å². The maximum atomic E-state index is 11.8. The molecule has 0 amide bonds. The molecule has 1 aliphatic heterocycles. The average Bonchev–Trinajstić information content (AvgIpc) is 2.93. The van der Waals surface area contributed by atoms with E-state index in [0.29, 0.717) is 24.7 Å². The zero-order chi connectivity index (χ0) is 17.2. The molecular formula is C14H22N4O4S. The number of non-ortho nitro benzene ring substituents is 1. The lowest BCUT2D eigenvalue weighted by molar-refractivity contribution is -0.384. The van der Waals surface area contributed by atoms with E-state index < -0.39 is 14.9 Å². The fraction of sp³-hybridized carbons (Fsp3) is 0.571. The zero-order valence-electron chi connectivity index (χ0n) is 13.3. The minimum Gasteiger partial charge on any atom is -0.370 e. The van der Waals surface area contributed by atoms with Gasteiger partial charge in [0.2, 0.25) is 10.0 Å². The fourth-order valence-corrected chi connectivity index (χ4v) is 3.61. The van der Waals surface area contributed by atoms with Crippen LogP contribution in [0.5, 0.6) is 0 Å². The highest BCUT2D eigenvalue weighted by Crippen LogP contribution is 2.32. The molecule has 0 spiro atoms. The number of rotatable bonds is 6. The Morgan fingerprint density at radius 3 is 2.74 bits per heavy atom. The summed E-state index contributed by atoms with van der Waals surface area (Å²) in [6, 6.07) is 3.68. The molecule has 1 saturated heterocycles. The van der Waals surface area contributed by atoms with Gasteiger partial charge in [-0.05, 0) is 32.0 Å². The summed E-state index contributed by atoms with van der Waals surface area (Å²) in [6.07, 6.45) is 0.914. The van der Waals surface area contributed by atoms with E-state index in [-0.39, 0.29) is 10.6 Å². The Hall–Kier alpha value is -1.71. The van der Waals surface area contributed by atoms with Crippen LogP contribution in [0.1, 0.15) is 13.3 Å². The Balaban J connectivity index is 2.31. The first kappa shape index (κ1) is 17.6. The first-order valence-electron chi connectivity index (χ1n) is 7.47. The van der Waals surface area contributed by atoms with Gasteiger partial charge in [-0.2, -0.15) is 0 Å². The van der Waals surface area contributed by atoms with Gasteiger partial charge in [-0.15, -0.1) is 0 Å². The van der Waals surface area contributed by atoms with Crippen LogP contribution >= 0.6 is 0 Å². The molecule has 1 aromatic rings. The van der Waals surface area contributed by atoms with Crippen molar-refractivity contribution in [3.8, 4) is 0 Å². The number of hydrogen-bond acceptors (Lipinski definition) is 6. The van der Waals surface area contributed by atoms with Gasteiger partial charge in [0, 0.05) is 31.8 Å². The predicted octanol–water partition coefficient (Wildman–Crippen LogP) is 1.02. The number of primary sulfonamides is 1. The van der Waals surface area contributed by atoms with Gasteiger partial charge in [0.15, 0.2) is 0 Å². The highest BCUT2D eigenvalue weighted by molar-refractivity contribution is 7.89. The van der Waals surface area contributed by atoms with Gasteiger partial charge >= 0.3 is 0 Å². The SMILES string of the molecule is CCN(C)CC1CCN(c2cc([N+](=O)[O-])ccc2S(N)(=O)=O)C1. The molecule has 0 aromatic heterocycles. The van der Waals surface area contributed by atoms with Crippen molar-refractivity contribution in [3.05, 3.63) is 28.3 Å². The minimum absolute atomic E-state index is 0.0624. The molecule has 1 atom stereocenters. The van der Waals surface area contributed by atoms with Crippen LogP contribution in [-0.4, -0.2) is 51.5 Å². The molecule has 1 unspecified atom stereocenters. The number of anilines is 1. The van der Waals surface area contributed by atoms with Crippen molar-refractivity contribution in [2.75, 3.05) is 38.1 Å². The van der Waals surface area contributed by atoms with E-state index in [1.165, 1.54) is 18.2 Å². The topological polar surface area (TPSA) is 110 Å². The van der Waals surface area contributed by atoms with Crippen LogP contribution in [0.3, 0.4) is 0 Å². The normalized spacial score (nSPS) is 18.6. The molecule has 2 N–H and O–H groups in total. The molecule has 1 fully saturated rings. The van der Waals surface area contributed by atoms with Gasteiger partial charge in [-0.25, -0.2) is 13.6 Å². The zero-order valence-corrected chi connectivity index (χ0v) is 14.1. The molecule has 0 aliphatic carbocycles. The standard InChI is InChI=1S/C14H22N4O4S/c1-3-16(2)9-11-6-7-17(10-11)13-8-12(18(19)20)4-5-14(13)23(15,21)22/h4-5,8,11H,3,6-7,9-10H2,1-2H3,(H2,15,21,22). The summed E-state index contributed by atoms with van der Waals surface area (Å²) in [4.78, 5) is 14.5. The molecule has 2 rings (SSSR count). The van der Waals surface area contributed by atoms with Crippen LogP contribution in [0.25, 0.3) is 0 Å². The number of nitro groups is 1. The van der Waals surface area contributed by atoms with Crippen molar-refractivity contribution < 1.29 is 13.3 Å². The van der Waals surface area contributed by atoms with Crippen molar-refractivity contribution in [1.82, 2.24) is 4.90 Å². The monoisotopic (exact) mass is 342 g/mol. The fourth-order valence-electron chi connectivity index (χ4n) is 2.88. The number of nitrogens with zero attached hydrogens (tertiary/aromatic N) is 3. The maximum absolute atomic E-state index is 11.8. The molecule has 0 saturated carbocycles. The van der Waals surface area contributed by atoms with E-state index in [1.807, 2.05) is 11.9 Å². The summed E-state index contributed by atoms with van der Waals surface area (Å²) < 4.78 is 23.5. The summed E-state index contributed by atoms with van der Waals surface area (Å²) in [5.74, 6) is 0.396. The number of nitro benzene ring substituents is 1. The number of sulfonamides is 1. The van der Waals surface area contributed by atoms with E-state index in [2.05, 4.69) is 11.8 Å². The van der Waals surface area contributed by atoms with Gasteiger partial charge in [-0.3, -0.25) is 10.1 Å². The Morgan fingerprint density at radius 2 is 2.17 bits per heavy atom. The first-order valence-corrected chi connectivity index (χ1v) is 9.01. The minimum atomic E-state index is -3.93. The van der Waals surface area contributed by atoms with Crippen molar-refractivity contribution in [2.45, 2.75) is 18.2 Å². The molecule has 1 aromatic carbocycles. The second-order valence-electron chi connectivity index (χ2n) is 5.91. The van der Waals surface area contributed by atoms with Crippen molar-refractivity contribution in [2.24, 2.45) is 11.1 Å². The average molecular weight is 342 g/mol.